The normalized spacial score (nSPS) is 16.4. The summed E-state index contributed by atoms with van der Waals surface area (Å²) in [6.45, 7) is 1.74. The highest BCUT2D eigenvalue weighted by atomic mass is 16.5. The summed E-state index contributed by atoms with van der Waals surface area (Å²) in [5, 5.41) is 5.62. The third-order valence-corrected chi connectivity index (χ3v) is 4.42. The monoisotopic (exact) mass is 366 g/mol. The van der Waals surface area contributed by atoms with Crippen LogP contribution in [0.3, 0.4) is 0 Å². The first-order chi connectivity index (χ1) is 13.3. The molecule has 0 bridgehead atoms. The van der Waals surface area contributed by atoms with Crippen LogP contribution in [0.15, 0.2) is 54.9 Å². The molecule has 1 aliphatic heterocycles. The van der Waals surface area contributed by atoms with Gasteiger partial charge in [0, 0.05) is 24.7 Å². The summed E-state index contributed by atoms with van der Waals surface area (Å²) in [6, 6.07) is 12.8. The van der Waals surface area contributed by atoms with Crippen molar-refractivity contribution in [3.8, 4) is 5.75 Å². The minimum absolute atomic E-state index is 0.188. The van der Waals surface area contributed by atoms with Crippen molar-refractivity contribution in [2.45, 2.75) is 25.5 Å². The molecule has 3 aromatic rings. The second-order valence-electron chi connectivity index (χ2n) is 6.48. The second-order valence-corrected chi connectivity index (χ2v) is 6.48. The van der Waals surface area contributed by atoms with Crippen LogP contribution in [0.25, 0.3) is 5.65 Å². The molecular formula is C20H22N4O3. The molecule has 4 rings (SSSR count). The molecule has 0 spiro atoms. The summed E-state index contributed by atoms with van der Waals surface area (Å²) >= 11 is 0. The molecular weight excluding hydrogens is 344 g/mol. The quantitative estimate of drug-likeness (QED) is 0.702. The lowest BCUT2D eigenvalue weighted by Gasteiger charge is -2.12. The van der Waals surface area contributed by atoms with Gasteiger partial charge in [-0.05, 0) is 49.2 Å². The van der Waals surface area contributed by atoms with Crippen LogP contribution in [0.5, 0.6) is 5.75 Å². The van der Waals surface area contributed by atoms with Gasteiger partial charge in [-0.1, -0.05) is 6.07 Å². The van der Waals surface area contributed by atoms with Crippen LogP contribution in [-0.4, -0.2) is 34.7 Å². The lowest BCUT2D eigenvalue weighted by molar-refractivity contribution is 0.0679. The molecule has 2 N–H and O–H groups in total. The number of urea groups is 1. The van der Waals surface area contributed by atoms with Crippen LogP contribution in [0.1, 0.15) is 18.5 Å². The number of carbonyl (C=O) groups excluding carboxylic acids is 1. The van der Waals surface area contributed by atoms with Gasteiger partial charge in [-0.3, -0.25) is 0 Å². The number of imidazole rings is 1. The van der Waals surface area contributed by atoms with E-state index in [1.54, 1.807) is 0 Å². The first-order valence-corrected chi connectivity index (χ1v) is 9.08. The van der Waals surface area contributed by atoms with E-state index < -0.39 is 0 Å². The van der Waals surface area contributed by atoms with E-state index in [4.69, 9.17) is 9.47 Å². The number of benzene rings is 1. The molecule has 140 valence electrons. The van der Waals surface area contributed by atoms with E-state index in [1.807, 2.05) is 59.3 Å². The van der Waals surface area contributed by atoms with Gasteiger partial charge in [-0.2, -0.15) is 0 Å². The van der Waals surface area contributed by atoms with Gasteiger partial charge in [0.1, 0.15) is 18.0 Å². The zero-order valence-electron chi connectivity index (χ0n) is 14.9. The summed E-state index contributed by atoms with van der Waals surface area (Å²) in [4.78, 5) is 16.5. The predicted octanol–water partition coefficient (Wildman–Crippen LogP) is 3.21. The number of carbonyl (C=O) groups is 1. The van der Waals surface area contributed by atoms with Crippen molar-refractivity contribution >= 4 is 17.4 Å². The Hall–Kier alpha value is -3.06. The average molecular weight is 366 g/mol. The Morgan fingerprint density at radius 3 is 2.93 bits per heavy atom. The van der Waals surface area contributed by atoms with Crippen LogP contribution < -0.4 is 15.4 Å². The van der Waals surface area contributed by atoms with Crippen molar-refractivity contribution in [3.05, 3.63) is 60.6 Å². The number of pyridine rings is 1. The minimum atomic E-state index is -0.278. The highest BCUT2D eigenvalue weighted by Gasteiger charge is 2.15. The van der Waals surface area contributed by atoms with E-state index >= 15 is 0 Å². The Balaban J connectivity index is 1.24. The van der Waals surface area contributed by atoms with E-state index in [2.05, 4.69) is 15.6 Å². The lowest BCUT2D eigenvalue weighted by Crippen LogP contribution is -2.28. The van der Waals surface area contributed by atoms with E-state index in [1.165, 1.54) is 0 Å². The van der Waals surface area contributed by atoms with E-state index in [0.29, 0.717) is 18.8 Å². The van der Waals surface area contributed by atoms with Crippen molar-refractivity contribution < 1.29 is 14.3 Å². The fraction of sp³-hybridized carbons (Fsp3) is 0.300. The smallest absolute Gasteiger partial charge is 0.319 e. The number of nitrogens with one attached hydrogen (secondary N) is 2. The third kappa shape index (κ3) is 4.57. The van der Waals surface area contributed by atoms with Crippen LogP contribution >= 0.6 is 0 Å². The number of fused-ring (bicyclic) bond motifs is 1. The molecule has 7 nitrogen and oxygen atoms in total. The highest BCUT2D eigenvalue weighted by Crippen LogP contribution is 2.18. The average Bonchev–Trinajstić information content (AvgIpc) is 3.35. The van der Waals surface area contributed by atoms with Crippen LogP contribution in [0.2, 0.25) is 0 Å². The summed E-state index contributed by atoms with van der Waals surface area (Å²) in [5.74, 6) is 0.765. The van der Waals surface area contributed by atoms with Gasteiger partial charge in [0.05, 0.1) is 18.3 Å². The van der Waals surface area contributed by atoms with Gasteiger partial charge in [0.2, 0.25) is 0 Å². The third-order valence-electron chi connectivity index (χ3n) is 4.42. The number of hydrogen-bond donors (Lipinski definition) is 2. The number of anilines is 1. The Labute approximate surface area is 157 Å². The molecule has 2 aromatic heterocycles. The van der Waals surface area contributed by atoms with Crippen LogP contribution in [-0.2, 0) is 11.3 Å². The summed E-state index contributed by atoms with van der Waals surface area (Å²) in [5.41, 5.74) is 2.36. The molecule has 1 fully saturated rings. The Bertz CT molecular complexity index is 868. The number of amides is 2. The van der Waals surface area contributed by atoms with E-state index in [0.717, 1.165) is 36.5 Å². The van der Waals surface area contributed by atoms with Crippen molar-refractivity contribution in [3.63, 3.8) is 0 Å². The van der Waals surface area contributed by atoms with Gasteiger partial charge in [0.25, 0.3) is 0 Å². The molecule has 0 radical (unpaired) electrons. The van der Waals surface area contributed by atoms with Crippen LogP contribution in [0, 0.1) is 0 Å². The Morgan fingerprint density at radius 2 is 2.15 bits per heavy atom. The molecule has 0 saturated carbocycles. The van der Waals surface area contributed by atoms with Gasteiger partial charge in [0.15, 0.2) is 0 Å². The van der Waals surface area contributed by atoms with E-state index in [-0.39, 0.29) is 12.1 Å². The van der Waals surface area contributed by atoms with Crippen molar-refractivity contribution in [1.29, 1.82) is 0 Å². The maximum absolute atomic E-state index is 12.1. The fourth-order valence-electron chi connectivity index (χ4n) is 3.02. The van der Waals surface area contributed by atoms with Gasteiger partial charge >= 0.3 is 6.03 Å². The Kier molecular flexibility index (Phi) is 5.20. The standard InChI is InChI=1S/C20H22N4O3/c25-20(21-12-16-13-24-10-2-1-5-19(24)22-16)23-15-6-8-17(9-7-15)27-14-18-4-3-11-26-18/h1-2,5-10,13,18H,3-4,11-12,14H2,(H2,21,23,25). The zero-order valence-corrected chi connectivity index (χ0v) is 14.9. The number of ether oxygens (including phenoxy) is 2. The summed E-state index contributed by atoms with van der Waals surface area (Å²) in [7, 11) is 0. The zero-order chi connectivity index (χ0) is 18.5. The van der Waals surface area contributed by atoms with Crippen molar-refractivity contribution in [1.82, 2.24) is 14.7 Å². The van der Waals surface area contributed by atoms with E-state index in [9.17, 15) is 4.79 Å². The summed E-state index contributed by atoms with van der Waals surface area (Å²) in [6.07, 6.45) is 6.16. The molecule has 1 saturated heterocycles. The topological polar surface area (TPSA) is 76.9 Å². The maximum Gasteiger partial charge on any atom is 0.319 e. The molecule has 1 unspecified atom stereocenters. The molecule has 1 aromatic carbocycles. The highest BCUT2D eigenvalue weighted by molar-refractivity contribution is 5.89. The molecule has 1 aliphatic rings. The van der Waals surface area contributed by atoms with Crippen molar-refractivity contribution in [2.24, 2.45) is 0 Å². The minimum Gasteiger partial charge on any atom is -0.491 e. The number of rotatable bonds is 6. The predicted molar refractivity (Wildman–Crippen MR) is 102 cm³/mol. The largest absolute Gasteiger partial charge is 0.491 e. The maximum atomic E-state index is 12.1. The fourth-order valence-corrected chi connectivity index (χ4v) is 3.02. The lowest BCUT2D eigenvalue weighted by atomic mass is 10.2. The van der Waals surface area contributed by atoms with Gasteiger partial charge < -0.3 is 24.5 Å². The number of hydrogen-bond acceptors (Lipinski definition) is 4. The van der Waals surface area contributed by atoms with Gasteiger partial charge in [-0.15, -0.1) is 0 Å². The molecule has 1 atom stereocenters. The molecule has 27 heavy (non-hydrogen) atoms. The molecule has 2 amide bonds. The Morgan fingerprint density at radius 1 is 1.26 bits per heavy atom. The molecule has 7 heteroatoms. The SMILES string of the molecule is O=C(NCc1cn2ccccc2n1)Nc1ccc(OCC2CCCO2)cc1. The molecule has 3 heterocycles. The van der Waals surface area contributed by atoms with Crippen molar-refractivity contribution in [2.75, 3.05) is 18.5 Å². The second kappa shape index (κ2) is 8.09. The molecule has 0 aliphatic carbocycles. The van der Waals surface area contributed by atoms with Crippen LogP contribution in [0.4, 0.5) is 10.5 Å². The first kappa shape index (κ1) is 17.4. The number of nitrogens with zero attached hydrogens (tertiary/aromatic N) is 2. The summed E-state index contributed by atoms with van der Waals surface area (Å²) < 4.78 is 13.2. The van der Waals surface area contributed by atoms with Gasteiger partial charge in [-0.25, -0.2) is 9.78 Å². The number of aromatic nitrogens is 2. The first-order valence-electron chi connectivity index (χ1n) is 9.08.